The summed E-state index contributed by atoms with van der Waals surface area (Å²) in [4.78, 5) is 57.8. The van der Waals surface area contributed by atoms with E-state index >= 15 is 0 Å². The summed E-state index contributed by atoms with van der Waals surface area (Å²) in [6.07, 6.45) is 4.97. The van der Waals surface area contributed by atoms with Crippen LogP contribution in [0.2, 0.25) is 0 Å². The van der Waals surface area contributed by atoms with Gasteiger partial charge in [-0.3, -0.25) is 24.2 Å². The Kier molecular flexibility index (Phi) is 10.6. The largest absolute Gasteiger partial charge is 0.493 e. The molecule has 2 fully saturated rings. The topological polar surface area (TPSA) is 137 Å². The van der Waals surface area contributed by atoms with Crippen molar-refractivity contribution < 1.29 is 29.0 Å². The van der Waals surface area contributed by atoms with Gasteiger partial charge in [0.15, 0.2) is 0 Å². The average molecular weight is 572 g/mol. The zero-order valence-electron chi connectivity index (χ0n) is 24.4. The number of aliphatic carboxylic acids is 1. The van der Waals surface area contributed by atoms with Crippen molar-refractivity contribution in [3.8, 4) is 5.75 Å². The van der Waals surface area contributed by atoms with E-state index in [0.29, 0.717) is 52.3 Å². The van der Waals surface area contributed by atoms with E-state index in [2.05, 4.69) is 13.0 Å². The first-order valence-electron chi connectivity index (χ1n) is 15.0. The monoisotopic (exact) mass is 571 g/mol. The molecule has 4 amide bonds. The molecule has 1 unspecified atom stereocenters. The summed E-state index contributed by atoms with van der Waals surface area (Å²) in [6.45, 7) is 5.77. The molecule has 3 atom stereocenters. The standard InChI is InChI=1S/C30H45N5O6/c1-3-4-13-33(14-6-5-12-31)27(37)20-35-19-23(21-7-8-25-22(18-21)11-17-41-25)28(29(38)39)24(35)9-15-34-16-10-26(36)32(2)30(34)40/h7-8,18,23-24,28H,3-6,9-17,19-20,31H2,1-2H3,(H,38,39)/t23-,24+,28?/m1/s1. The number of benzene rings is 1. The van der Waals surface area contributed by atoms with Crippen molar-refractivity contribution in [1.29, 1.82) is 0 Å². The number of carbonyl (C=O) groups is 4. The summed E-state index contributed by atoms with van der Waals surface area (Å²) < 4.78 is 5.67. The molecule has 2 saturated heterocycles. The SMILES string of the molecule is CCCCN(CCCCN)C(=O)CN1C[C@H](c2ccc3c(c2)CCO3)C(C(=O)O)[C@@H]1CCN1CCC(=O)N(C)C1=O. The molecule has 11 nitrogen and oxygen atoms in total. The van der Waals surface area contributed by atoms with Gasteiger partial charge in [0, 0.05) is 64.6 Å². The Labute approximate surface area is 242 Å². The van der Waals surface area contributed by atoms with Crippen molar-refractivity contribution in [2.45, 2.75) is 63.8 Å². The number of hydrogen-bond acceptors (Lipinski definition) is 7. The van der Waals surface area contributed by atoms with E-state index in [4.69, 9.17) is 10.5 Å². The normalized spacial score (nSPS) is 22.7. The zero-order chi connectivity index (χ0) is 29.5. The molecule has 4 rings (SSSR count). The molecule has 11 heteroatoms. The van der Waals surface area contributed by atoms with Gasteiger partial charge in [-0.1, -0.05) is 25.5 Å². The van der Waals surface area contributed by atoms with E-state index in [1.807, 2.05) is 21.9 Å². The third-order valence-corrected chi connectivity index (χ3v) is 8.75. The summed E-state index contributed by atoms with van der Waals surface area (Å²) in [7, 11) is 1.47. The minimum Gasteiger partial charge on any atom is -0.493 e. The fraction of sp³-hybridized carbons (Fsp3) is 0.667. The van der Waals surface area contributed by atoms with E-state index in [9.17, 15) is 24.3 Å². The molecule has 41 heavy (non-hydrogen) atoms. The first-order valence-corrected chi connectivity index (χ1v) is 15.0. The maximum atomic E-state index is 13.6. The summed E-state index contributed by atoms with van der Waals surface area (Å²) >= 11 is 0. The highest BCUT2D eigenvalue weighted by molar-refractivity contribution is 5.96. The number of carboxylic acids is 1. The number of amides is 4. The molecule has 0 spiro atoms. The number of nitrogens with zero attached hydrogens (tertiary/aromatic N) is 4. The highest BCUT2D eigenvalue weighted by atomic mass is 16.5. The van der Waals surface area contributed by atoms with Gasteiger partial charge in [-0.2, -0.15) is 0 Å². The molecule has 0 aliphatic carbocycles. The van der Waals surface area contributed by atoms with Crippen LogP contribution >= 0.6 is 0 Å². The number of nitrogens with two attached hydrogens (primary N) is 1. The number of carbonyl (C=O) groups excluding carboxylic acids is 3. The van der Waals surface area contributed by atoms with Crippen LogP contribution in [0, 0.1) is 5.92 Å². The smallest absolute Gasteiger partial charge is 0.326 e. The Morgan fingerprint density at radius 3 is 2.66 bits per heavy atom. The average Bonchev–Trinajstić information content (AvgIpc) is 3.57. The molecule has 1 aromatic carbocycles. The molecule has 3 heterocycles. The summed E-state index contributed by atoms with van der Waals surface area (Å²) in [5.41, 5.74) is 7.70. The van der Waals surface area contributed by atoms with Crippen LogP contribution < -0.4 is 10.5 Å². The Morgan fingerprint density at radius 2 is 1.93 bits per heavy atom. The molecule has 1 aromatic rings. The molecule has 0 bridgehead atoms. The van der Waals surface area contributed by atoms with Gasteiger partial charge >= 0.3 is 12.0 Å². The predicted molar refractivity (Wildman–Crippen MR) is 154 cm³/mol. The van der Waals surface area contributed by atoms with Crippen LogP contribution in [0.3, 0.4) is 0 Å². The third-order valence-electron chi connectivity index (χ3n) is 8.75. The second-order valence-electron chi connectivity index (χ2n) is 11.4. The number of urea groups is 1. The van der Waals surface area contributed by atoms with Crippen molar-refractivity contribution in [2.75, 3.05) is 59.5 Å². The van der Waals surface area contributed by atoms with Gasteiger partial charge in [0.2, 0.25) is 11.8 Å². The van der Waals surface area contributed by atoms with E-state index in [1.54, 1.807) is 4.90 Å². The predicted octanol–water partition coefficient (Wildman–Crippen LogP) is 2.13. The van der Waals surface area contributed by atoms with Gasteiger partial charge in [0.05, 0.1) is 19.1 Å². The van der Waals surface area contributed by atoms with Crippen LogP contribution in [0.5, 0.6) is 5.75 Å². The first kappa shape index (κ1) is 30.8. The Morgan fingerprint density at radius 1 is 1.15 bits per heavy atom. The third kappa shape index (κ3) is 7.19. The van der Waals surface area contributed by atoms with Crippen LogP contribution in [-0.2, 0) is 20.8 Å². The summed E-state index contributed by atoms with van der Waals surface area (Å²) in [6, 6.07) is 5.11. The van der Waals surface area contributed by atoms with Crippen molar-refractivity contribution >= 4 is 23.8 Å². The minimum atomic E-state index is -0.908. The maximum absolute atomic E-state index is 13.6. The van der Waals surface area contributed by atoms with Gasteiger partial charge in [-0.25, -0.2) is 4.79 Å². The maximum Gasteiger partial charge on any atom is 0.326 e. The zero-order valence-corrected chi connectivity index (χ0v) is 24.4. The van der Waals surface area contributed by atoms with Gasteiger partial charge in [0.1, 0.15) is 5.75 Å². The van der Waals surface area contributed by atoms with E-state index in [-0.39, 0.29) is 36.7 Å². The minimum absolute atomic E-state index is 0.00741. The van der Waals surface area contributed by atoms with Crippen molar-refractivity contribution in [3.05, 3.63) is 29.3 Å². The van der Waals surface area contributed by atoms with E-state index in [1.165, 1.54) is 7.05 Å². The van der Waals surface area contributed by atoms with Crippen LogP contribution in [0.4, 0.5) is 4.79 Å². The van der Waals surface area contributed by atoms with Gasteiger partial charge in [0.25, 0.3) is 0 Å². The lowest BCUT2D eigenvalue weighted by molar-refractivity contribution is -0.144. The number of hydrogen-bond donors (Lipinski definition) is 2. The van der Waals surface area contributed by atoms with E-state index < -0.39 is 17.9 Å². The van der Waals surface area contributed by atoms with Crippen molar-refractivity contribution in [3.63, 3.8) is 0 Å². The molecule has 3 aliphatic rings. The molecule has 0 saturated carbocycles. The Bertz CT molecular complexity index is 1110. The molecule has 226 valence electrons. The second-order valence-corrected chi connectivity index (χ2v) is 11.4. The molecule has 0 aromatic heterocycles. The Hall–Kier alpha value is -3.18. The van der Waals surface area contributed by atoms with Crippen LogP contribution in [0.25, 0.3) is 0 Å². The first-order chi connectivity index (χ1) is 19.7. The molecule has 0 radical (unpaired) electrons. The molecule has 3 aliphatic heterocycles. The number of fused-ring (bicyclic) bond motifs is 1. The number of likely N-dealkylation sites (tertiary alicyclic amines) is 1. The molecular weight excluding hydrogens is 526 g/mol. The van der Waals surface area contributed by atoms with Crippen LogP contribution in [0.1, 0.15) is 62.5 Å². The van der Waals surface area contributed by atoms with Crippen molar-refractivity contribution in [1.82, 2.24) is 19.6 Å². The quantitative estimate of drug-likeness (QED) is 0.324. The lowest BCUT2D eigenvalue weighted by atomic mass is 9.83. The fourth-order valence-electron chi connectivity index (χ4n) is 6.37. The fourth-order valence-corrected chi connectivity index (χ4v) is 6.37. The van der Waals surface area contributed by atoms with Gasteiger partial charge in [-0.15, -0.1) is 0 Å². The van der Waals surface area contributed by atoms with Crippen LogP contribution in [-0.4, -0.2) is 114 Å². The lowest BCUT2D eigenvalue weighted by Gasteiger charge is -2.34. The molecular formula is C30H45N5O6. The summed E-state index contributed by atoms with van der Waals surface area (Å²) in [5, 5.41) is 10.5. The summed E-state index contributed by atoms with van der Waals surface area (Å²) in [5.74, 6) is -1.34. The highest BCUT2D eigenvalue weighted by Gasteiger charge is 2.47. The molecule has 3 N–H and O–H groups in total. The lowest BCUT2D eigenvalue weighted by Crippen LogP contribution is -2.52. The second kappa shape index (κ2) is 14.1. The highest BCUT2D eigenvalue weighted by Crippen LogP contribution is 2.41. The van der Waals surface area contributed by atoms with E-state index in [0.717, 1.165) is 53.9 Å². The van der Waals surface area contributed by atoms with Gasteiger partial charge < -0.3 is 25.4 Å². The van der Waals surface area contributed by atoms with Crippen LogP contribution in [0.15, 0.2) is 18.2 Å². The number of ether oxygens (including phenoxy) is 1. The number of unbranched alkanes of at least 4 members (excludes halogenated alkanes) is 2. The number of imide groups is 1. The number of carboxylic acid groups (broad SMARTS) is 1. The van der Waals surface area contributed by atoms with Gasteiger partial charge in [-0.05, 0) is 49.4 Å². The van der Waals surface area contributed by atoms with Crippen molar-refractivity contribution in [2.24, 2.45) is 11.7 Å². The number of rotatable bonds is 14. The Balaban J connectivity index is 1.57.